The highest BCUT2D eigenvalue weighted by molar-refractivity contribution is 6.11. The largest absolute Gasteiger partial charge is 0.454 e. The first-order valence-corrected chi connectivity index (χ1v) is 10.6. The van der Waals surface area contributed by atoms with Crippen LogP contribution in [0.1, 0.15) is 29.8 Å². The molecular weight excluding hydrogens is 438 g/mol. The average molecular weight is 459 g/mol. The third-order valence-electron chi connectivity index (χ3n) is 6.07. The minimum absolute atomic E-state index is 0.0138. The van der Waals surface area contributed by atoms with E-state index >= 15 is 0 Å². The van der Waals surface area contributed by atoms with E-state index in [-0.39, 0.29) is 23.8 Å². The summed E-state index contributed by atoms with van der Waals surface area (Å²) in [6.45, 7) is 2.47. The number of carbonyl (C=O) groups excluding carboxylic acids is 4. The van der Waals surface area contributed by atoms with E-state index in [0.29, 0.717) is 17.1 Å². The molecule has 0 saturated carbocycles. The Morgan fingerprint density at radius 3 is 2.47 bits per heavy atom. The molecule has 2 aliphatic rings. The molecule has 0 bridgehead atoms. The van der Waals surface area contributed by atoms with Crippen molar-refractivity contribution in [1.29, 1.82) is 0 Å². The summed E-state index contributed by atoms with van der Waals surface area (Å²) in [5.41, 5.74) is -0.256. The Kier molecular flexibility index (Phi) is 4.97. The molecule has 2 heterocycles. The first-order valence-electron chi connectivity index (χ1n) is 10.6. The standard InChI is InChI=1S/C25H21N3O6/c1-14(29)18-10-20-21(34-13-33-20)11-19(18)26-22(30)12-28-23(31)25(2,27-24(28)32)17-8-7-15-5-3-4-6-16(15)9-17/h3-11H,12-13H2,1-2H3,(H,26,30)(H,27,32)/t25-/m0/s1. The Morgan fingerprint density at radius 2 is 1.74 bits per heavy atom. The predicted octanol–water partition coefficient (Wildman–Crippen LogP) is 3.18. The number of nitrogens with zero attached hydrogens (tertiary/aromatic N) is 1. The summed E-state index contributed by atoms with van der Waals surface area (Å²) in [7, 11) is 0. The average Bonchev–Trinajstić information content (AvgIpc) is 3.36. The predicted molar refractivity (Wildman–Crippen MR) is 123 cm³/mol. The summed E-state index contributed by atoms with van der Waals surface area (Å²) >= 11 is 0. The molecule has 1 atom stereocenters. The smallest absolute Gasteiger partial charge is 0.325 e. The van der Waals surface area contributed by atoms with Crippen LogP contribution in [0.25, 0.3) is 10.8 Å². The number of ether oxygens (including phenoxy) is 2. The Balaban J connectivity index is 1.37. The van der Waals surface area contributed by atoms with Gasteiger partial charge in [0.25, 0.3) is 5.91 Å². The summed E-state index contributed by atoms with van der Waals surface area (Å²) in [5, 5.41) is 7.26. The summed E-state index contributed by atoms with van der Waals surface area (Å²) in [6, 6.07) is 15.5. The van der Waals surface area contributed by atoms with E-state index in [1.54, 1.807) is 13.0 Å². The zero-order valence-corrected chi connectivity index (χ0v) is 18.5. The lowest BCUT2D eigenvalue weighted by Gasteiger charge is -2.22. The second-order valence-corrected chi connectivity index (χ2v) is 8.36. The molecule has 2 aliphatic heterocycles. The first-order chi connectivity index (χ1) is 16.3. The van der Waals surface area contributed by atoms with Gasteiger partial charge in [-0.05, 0) is 42.3 Å². The van der Waals surface area contributed by atoms with E-state index < -0.39 is 29.9 Å². The van der Waals surface area contributed by atoms with Crippen LogP contribution in [0.3, 0.4) is 0 Å². The van der Waals surface area contributed by atoms with Crippen LogP contribution in [0.5, 0.6) is 11.5 Å². The molecule has 1 saturated heterocycles. The van der Waals surface area contributed by atoms with Crippen LogP contribution in [0.4, 0.5) is 10.5 Å². The molecule has 4 amide bonds. The van der Waals surface area contributed by atoms with Gasteiger partial charge in [-0.25, -0.2) is 4.79 Å². The van der Waals surface area contributed by atoms with Crippen LogP contribution in [-0.4, -0.2) is 41.9 Å². The minimum Gasteiger partial charge on any atom is -0.454 e. The van der Waals surface area contributed by atoms with Gasteiger partial charge in [-0.1, -0.05) is 36.4 Å². The van der Waals surface area contributed by atoms with Crippen molar-refractivity contribution in [2.45, 2.75) is 19.4 Å². The maximum absolute atomic E-state index is 13.3. The number of ketones is 1. The van der Waals surface area contributed by atoms with Crippen LogP contribution < -0.4 is 20.1 Å². The van der Waals surface area contributed by atoms with Crippen molar-refractivity contribution >= 4 is 40.1 Å². The van der Waals surface area contributed by atoms with Crippen molar-refractivity contribution in [2.24, 2.45) is 0 Å². The SMILES string of the molecule is CC(=O)c1cc2c(cc1NC(=O)CN1C(=O)N[C@@](C)(c3ccc4ccccc4c3)C1=O)OCO2. The van der Waals surface area contributed by atoms with Gasteiger partial charge in [-0.3, -0.25) is 19.3 Å². The van der Waals surface area contributed by atoms with Crippen LogP contribution in [0.15, 0.2) is 54.6 Å². The Hall–Kier alpha value is -4.40. The van der Waals surface area contributed by atoms with Gasteiger partial charge in [0.1, 0.15) is 12.1 Å². The number of benzene rings is 3. The lowest BCUT2D eigenvalue weighted by atomic mass is 9.90. The highest BCUT2D eigenvalue weighted by Gasteiger charge is 2.49. The molecule has 0 spiro atoms. The van der Waals surface area contributed by atoms with E-state index in [1.165, 1.54) is 19.1 Å². The molecule has 34 heavy (non-hydrogen) atoms. The van der Waals surface area contributed by atoms with Crippen molar-refractivity contribution in [3.63, 3.8) is 0 Å². The number of urea groups is 1. The minimum atomic E-state index is -1.31. The number of fused-ring (bicyclic) bond motifs is 2. The van der Waals surface area contributed by atoms with Crippen molar-refractivity contribution in [2.75, 3.05) is 18.7 Å². The Labute approximate surface area is 194 Å². The number of anilines is 1. The lowest BCUT2D eigenvalue weighted by Crippen LogP contribution is -2.42. The molecule has 2 N–H and O–H groups in total. The van der Waals surface area contributed by atoms with Crippen molar-refractivity contribution < 1.29 is 28.7 Å². The van der Waals surface area contributed by atoms with E-state index in [4.69, 9.17) is 9.47 Å². The molecule has 3 aromatic carbocycles. The molecule has 1 fully saturated rings. The molecule has 0 radical (unpaired) electrons. The zero-order valence-electron chi connectivity index (χ0n) is 18.5. The summed E-state index contributed by atoms with van der Waals surface area (Å²) < 4.78 is 10.6. The normalized spacial score (nSPS) is 18.8. The summed E-state index contributed by atoms with van der Waals surface area (Å²) in [5.74, 6) is -0.664. The van der Waals surface area contributed by atoms with E-state index in [1.807, 2.05) is 36.4 Å². The Morgan fingerprint density at radius 1 is 1.03 bits per heavy atom. The number of hydrogen-bond donors (Lipinski definition) is 2. The van der Waals surface area contributed by atoms with Gasteiger partial charge in [-0.2, -0.15) is 0 Å². The molecule has 5 rings (SSSR count). The fourth-order valence-corrected chi connectivity index (χ4v) is 4.21. The number of rotatable bonds is 5. The maximum atomic E-state index is 13.3. The number of hydrogen-bond acceptors (Lipinski definition) is 6. The monoisotopic (exact) mass is 459 g/mol. The lowest BCUT2D eigenvalue weighted by molar-refractivity contribution is -0.133. The quantitative estimate of drug-likeness (QED) is 0.448. The number of Topliss-reactive ketones (excluding diaryl/α,β-unsaturated/α-hetero) is 1. The van der Waals surface area contributed by atoms with Gasteiger partial charge in [0, 0.05) is 11.6 Å². The number of nitrogens with one attached hydrogen (secondary N) is 2. The van der Waals surface area contributed by atoms with Crippen molar-refractivity contribution in [3.8, 4) is 11.5 Å². The number of carbonyl (C=O) groups is 4. The molecule has 9 heteroatoms. The van der Waals surface area contributed by atoms with Gasteiger partial charge < -0.3 is 20.1 Å². The molecule has 0 aromatic heterocycles. The van der Waals surface area contributed by atoms with Gasteiger partial charge in [0.15, 0.2) is 17.3 Å². The van der Waals surface area contributed by atoms with Gasteiger partial charge in [-0.15, -0.1) is 0 Å². The van der Waals surface area contributed by atoms with Gasteiger partial charge >= 0.3 is 6.03 Å². The van der Waals surface area contributed by atoms with Crippen LogP contribution in [0.2, 0.25) is 0 Å². The maximum Gasteiger partial charge on any atom is 0.325 e. The topological polar surface area (TPSA) is 114 Å². The van der Waals surface area contributed by atoms with E-state index in [0.717, 1.165) is 15.7 Å². The number of amides is 4. The third kappa shape index (κ3) is 3.51. The summed E-state index contributed by atoms with van der Waals surface area (Å²) in [4.78, 5) is 51.6. The fraction of sp³-hybridized carbons (Fsp3) is 0.200. The third-order valence-corrected chi connectivity index (χ3v) is 6.07. The van der Waals surface area contributed by atoms with E-state index in [2.05, 4.69) is 10.6 Å². The zero-order chi connectivity index (χ0) is 24.0. The van der Waals surface area contributed by atoms with Crippen molar-refractivity contribution in [3.05, 3.63) is 65.7 Å². The molecule has 0 aliphatic carbocycles. The Bertz CT molecular complexity index is 1380. The van der Waals surface area contributed by atoms with Crippen LogP contribution in [0, 0.1) is 0 Å². The second kappa shape index (κ2) is 7.87. The van der Waals surface area contributed by atoms with Crippen LogP contribution >= 0.6 is 0 Å². The van der Waals surface area contributed by atoms with Gasteiger partial charge in [0.2, 0.25) is 12.7 Å². The first kappa shape index (κ1) is 21.4. The van der Waals surface area contributed by atoms with Crippen molar-refractivity contribution in [1.82, 2.24) is 10.2 Å². The fourth-order valence-electron chi connectivity index (χ4n) is 4.21. The highest BCUT2D eigenvalue weighted by atomic mass is 16.7. The molecular formula is C25H21N3O6. The molecule has 3 aromatic rings. The molecule has 0 unspecified atom stereocenters. The van der Waals surface area contributed by atoms with E-state index in [9.17, 15) is 19.2 Å². The molecule has 172 valence electrons. The highest BCUT2D eigenvalue weighted by Crippen LogP contribution is 2.37. The van der Waals surface area contributed by atoms with Gasteiger partial charge in [0.05, 0.1) is 5.69 Å². The molecule has 9 nitrogen and oxygen atoms in total. The summed E-state index contributed by atoms with van der Waals surface area (Å²) in [6.07, 6.45) is 0. The second-order valence-electron chi connectivity index (χ2n) is 8.36. The van der Waals surface area contributed by atoms with Crippen LogP contribution in [-0.2, 0) is 15.1 Å². The number of imide groups is 1.